The average Bonchev–Trinajstić information content (AvgIpc) is 3.45. The van der Waals surface area contributed by atoms with Crippen LogP contribution in [0.25, 0.3) is 0 Å². The Hall–Kier alpha value is -2.67. The fourth-order valence-corrected chi connectivity index (χ4v) is 3.25. The summed E-state index contributed by atoms with van der Waals surface area (Å²) >= 11 is 0. The maximum Gasteiger partial charge on any atom is 0.387 e. The molecule has 1 aromatic carbocycles. The molecule has 0 aromatic heterocycles. The first-order valence-electron chi connectivity index (χ1n) is 8.58. The van der Waals surface area contributed by atoms with Crippen LogP contribution >= 0.6 is 0 Å². The minimum Gasteiger partial charge on any atom is -0.489 e. The van der Waals surface area contributed by atoms with E-state index in [1.54, 1.807) is 12.1 Å². The summed E-state index contributed by atoms with van der Waals surface area (Å²) in [7, 11) is 0. The van der Waals surface area contributed by atoms with E-state index in [0.717, 1.165) is 12.8 Å². The minimum absolute atomic E-state index is 0.0575. The van der Waals surface area contributed by atoms with Crippen LogP contribution in [0.4, 0.5) is 8.78 Å². The second kappa shape index (κ2) is 7.29. The average molecular weight is 359 g/mol. The van der Waals surface area contributed by atoms with E-state index in [1.807, 2.05) is 0 Å². The molecule has 0 spiro atoms. The van der Waals surface area contributed by atoms with E-state index in [1.165, 1.54) is 6.07 Å². The summed E-state index contributed by atoms with van der Waals surface area (Å²) in [5.41, 5.74) is 0.00725. The van der Waals surface area contributed by atoms with Gasteiger partial charge in [-0.3, -0.25) is 0 Å². The van der Waals surface area contributed by atoms with Crippen molar-refractivity contribution in [3.05, 3.63) is 23.8 Å². The monoisotopic (exact) mass is 359 g/mol. The summed E-state index contributed by atoms with van der Waals surface area (Å²) in [6.07, 6.45) is 3.10. The van der Waals surface area contributed by atoms with Crippen LogP contribution in [0, 0.1) is 39.9 Å². The van der Waals surface area contributed by atoms with Gasteiger partial charge in [-0.2, -0.15) is 19.3 Å². The molecule has 5 nitrogen and oxygen atoms in total. The fourth-order valence-electron chi connectivity index (χ4n) is 3.25. The molecule has 2 saturated carbocycles. The van der Waals surface area contributed by atoms with Gasteiger partial charge in [0.1, 0.15) is 0 Å². The second-order valence-electron chi connectivity index (χ2n) is 6.90. The van der Waals surface area contributed by atoms with E-state index in [9.17, 15) is 19.3 Å². The maximum absolute atomic E-state index is 12.7. The van der Waals surface area contributed by atoms with Gasteiger partial charge in [-0.15, -0.1) is 0 Å². The smallest absolute Gasteiger partial charge is 0.387 e. The third kappa shape index (κ3) is 3.77. The summed E-state index contributed by atoms with van der Waals surface area (Å²) in [4.78, 5) is 0. The molecule has 2 fully saturated rings. The molecule has 0 aliphatic heterocycles. The van der Waals surface area contributed by atoms with Crippen molar-refractivity contribution in [1.82, 2.24) is 0 Å². The summed E-state index contributed by atoms with van der Waals surface area (Å²) in [5, 5.41) is 26.9. The molecule has 0 saturated heterocycles. The molecule has 1 aromatic rings. The van der Waals surface area contributed by atoms with Crippen molar-refractivity contribution < 1.29 is 18.3 Å². The van der Waals surface area contributed by atoms with Crippen LogP contribution in [-0.4, -0.2) is 18.9 Å². The first kappa shape index (κ1) is 18.1. The van der Waals surface area contributed by atoms with Crippen LogP contribution in [0.5, 0.6) is 11.5 Å². The summed E-state index contributed by atoms with van der Waals surface area (Å²) in [6.45, 7) is -2.54. The van der Waals surface area contributed by atoms with Gasteiger partial charge in [-0.25, -0.2) is 0 Å². The number of hydrogen-bond acceptors (Lipinski definition) is 5. The lowest BCUT2D eigenvalue weighted by Crippen LogP contribution is -2.35. The summed E-state index contributed by atoms with van der Waals surface area (Å²) in [5.74, 6) is -0.0475. The topological polar surface area (TPSA) is 89.9 Å². The lowest BCUT2D eigenvalue weighted by molar-refractivity contribution is -0.0515. The Morgan fingerprint density at radius 2 is 2.04 bits per heavy atom. The van der Waals surface area contributed by atoms with Gasteiger partial charge in [-0.05, 0) is 55.7 Å². The third-order valence-electron chi connectivity index (χ3n) is 5.05. The predicted octanol–water partition coefficient (Wildman–Crippen LogP) is 4.18. The zero-order valence-electron chi connectivity index (χ0n) is 14.2. The molecule has 2 aliphatic carbocycles. The molecule has 0 amide bonds. The molecule has 1 N–H and O–H groups in total. The molecular weight excluding hydrogens is 340 g/mol. The Labute approximate surface area is 150 Å². The van der Waals surface area contributed by atoms with Crippen LogP contribution in [0.3, 0.4) is 0 Å². The number of benzene rings is 1. The van der Waals surface area contributed by atoms with Crippen LogP contribution < -0.4 is 9.47 Å². The molecule has 0 radical (unpaired) electrons. The van der Waals surface area contributed by atoms with Crippen LogP contribution in [0.1, 0.15) is 37.7 Å². The number of ether oxygens (including phenoxy) is 2. The number of alkyl halides is 2. The fraction of sp³-hybridized carbons (Fsp3) is 0.526. The molecular formula is C19H19F2N3O2. The highest BCUT2D eigenvalue weighted by molar-refractivity contribution is 5.87. The molecule has 136 valence electrons. The number of rotatable bonds is 6. The molecule has 2 atom stereocenters. The highest BCUT2D eigenvalue weighted by atomic mass is 19.3. The summed E-state index contributed by atoms with van der Waals surface area (Å²) < 4.78 is 35.5. The molecule has 7 heteroatoms. The van der Waals surface area contributed by atoms with Crippen molar-refractivity contribution in [2.45, 2.75) is 44.1 Å². The van der Waals surface area contributed by atoms with E-state index < -0.39 is 17.9 Å². The van der Waals surface area contributed by atoms with Crippen molar-refractivity contribution in [2.75, 3.05) is 6.61 Å². The molecule has 26 heavy (non-hydrogen) atoms. The lowest BCUT2D eigenvalue weighted by Gasteiger charge is -2.34. The molecule has 0 bridgehead atoms. The van der Waals surface area contributed by atoms with Crippen LogP contribution in [-0.2, 0) is 5.41 Å². The van der Waals surface area contributed by atoms with Gasteiger partial charge < -0.3 is 14.9 Å². The Morgan fingerprint density at radius 1 is 1.27 bits per heavy atom. The molecule has 3 rings (SSSR count). The van der Waals surface area contributed by atoms with Gasteiger partial charge in [0.15, 0.2) is 11.5 Å². The van der Waals surface area contributed by atoms with Gasteiger partial charge >= 0.3 is 6.61 Å². The van der Waals surface area contributed by atoms with E-state index in [2.05, 4.69) is 16.9 Å². The van der Waals surface area contributed by atoms with Gasteiger partial charge in [0.25, 0.3) is 0 Å². The van der Waals surface area contributed by atoms with Gasteiger partial charge in [0.05, 0.1) is 30.1 Å². The normalized spacial score (nSPS) is 25.4. The van der Waals surface area contributed by atoms with Crippen LogP contribution in [0.15, 0.2) is 18.2 Å². The number of nitrogens with one attached hydrogen (secondary N) is 1. The quantitative estimate of drug-likeness (QED) is 0.825. The minimum atomic E-state index is -2.97. The van der Waals surface area contributed by atoms with Gasteiger partial charge in [0.2, 0.25) is 0 Å². The number of nitriles is 2. The zero-order valence-corrected chi connectivity index (χ0v) is 14.2. The first-order chi connectivity index (χ1) is 12.5. The van der Waals surface area contributed by atoms with E-state index in [-0.39, 0.29) is 17.9 Å². The first-order valence-corrected chi connectivity index (χ1v) is 8.58. The van der Waals surface area contributed by atoms with E-state index in [4.69, 9.17) is 10.1 Å². The van der Waals surface area contributed by atoms with Gasteiger partial charge in [-0.1, -0.05) is 6.07 Å². The van der Waals surface area contributed by atoms with Crippen molar-refractivity contribution in [1.29, 1.82) is 15.9 Å². The SMILES string of the molecule is N#CC1CC(C#N)(c2ccc(OC(F)F)c(OCC3CC3)c2)CCC1=N. The molecule has 0 heterocycles. The number of nitrogens with zero attached hydrogens (tertiary/aromatic N) is 2. The lowest BCUT2D eigenvalue weighted by atomic mass is 9.66. The Bertz CT molecular complexity index is 780. The van der Waals surface area contributed by atoms with Crippen molar-refractivity contribution in [3.8, 4) is 23.6 Å². The largest absolute Gasteiger partial charge is 0.489 e. The van der Waals surface area contributed by atoms with E-state index >= 15 is 0 Å². The second-order valence-corrected chi connectivity index (χ2v) is 6.90. The van der Waals surface area contributed by atoms with Crippen molar-refractivity contribution in [2.24, 2.45) is 11.8 Å². The Balaban J connectivity index is 1.92. The maximum atomic E-state index is 12.7. The standard InChI is InChI=1S/C19H19F2N3O2/c20-18(21)26-16-4-3-14(7-17(16)25-10-12-1-2-12)19(11-23)6-5-15(24)13(8-19)9-22/h3-4,7,12-13,18,24H,1-2,5-6,8,10H2. The third-order valence-corrected chi connectivity index (χ3v) is 5.05. The van der Waals surface area contributed by atoms with Crippen molar-refractivity contribution in [3.63, 3.8) is 0 Å². The molecule has 2 unspecified atom stereocenters. The zero-order chi connectivity index (χ0) is 18.7. The van der Waals surface area contributed by atoms with Crippen LogP contribution in [0.2, 0.25) is 0 Å². The predicted molar refractivity (Wildman–Crippen MR) is 89.3 cm³/mol. The number of hydrogen-bond donors (Lipinski definition) is 1. The molecule has 2 aliphatic rings. The highest BCUT2D eigenvalue weighted by Gasteiger charge is 2.41. The number of halogens is 2. The van der Waals surface area contributed by atoms with Gasteiger partial charge in [0, 0.05) is 5.71 Å². The Kier molecular flexibility index (Phi) is 5.08. The summed E-state index contributed by atoms with van der Waals surface area (Å²) in [6, 6.07) is 8.92. The van der Waals surface area contributed by atoms with E-state index in [0.29, 0.717) is 36.6 Å². The Morgan fingerprint density at radius 3 is 2.65 bits per heavy atom. The highest BCUT2D eigenvalue weighted by Crippen LogP contribution is 2.43. The van der Waals surface area contributed by atoms with Crippen molar-refractivity contribution >= 4 is 5.71 Å².